The number of hydrogen-bond acceptors (Lipinski definition) is 4. The molecule has 6 heteroatoms. The van der Waals surface area contributed by atoms with Gasteiger partial charge in [0.25, 0.3) is 0 Å². The van der Waals surface area contributed by atoms with Gasteiger partial charge in [0.05, 0.1) is 43.7 Å². The van der Waals surface area contributed by atoms with Crippen molar-refractivity contribution in [1.29, 1.82) is 0 Å². The van der Waals surface area contributed by atoms with Crippen LogP contribution in [0.3, 0.4) is 0 Å². The maximum Gasteiger partial charge on any atom is 0.235 e. The van der Waals surface area contributed by atoms with E-state index in [1.54, 1.807) is 11.3 Å². The minimum absolute atomic E-state index is 0.641. The minimum atomic E-state index is 0.641. The van der Waals surface area contributed by atoms with E-state index in [4.69, 9.17) is 15.0 Å². The number of pyridine rings is 1. The molecular weight excluding hydrogens is 715 g/mol. The molecule has 0 saturated heterocycles. The molecule has 0 amide bonds. The van der Waals surface area contributed by atoms with Crippen molar-refractivity contribution >= 4 is 75.3 Å². The van der Waals surface area contributed by atoms with Crippen LogP contribution in [0.4, 0.5) is 0 Å². The number of thiophene rings is 1. The molecule has 0 bridgehead atoms. The smallest absolute Gasteiger partial charge is 0.235 e. The van der Waals surface area contributed by atoms with Crippen LogP contribution in [0.2, 0.25) is 0 Å². The summed E-state index contributed by atoms with van der Waals surface area (Å²) in [5, 5.41) is 5.94. The van der Waals surface area contributed by atoms with Gasteiger partial charge >= 0.3 is 0 Å². The molecule has 0 unspecified atom stereocenters. The van der Waals surface area contributed by atoms with Crippen LogP contribution in [0.5, 0.6) is 0 Å². The van der Waals surface area contributed by atoms with E-state index in [0.717, 1.165) is 66.7 Å². The lowest BCUT2D eigenvalue weighted by Crippen LogP contribution is -2.04. The summed E-state index contributed by atoms with van der Waals surface area (Å²) in [6.07, 6.45) is 1.89. The maximum absolute atomic E-state index is 5.26. The molecule has 0 N–H and O–H groups in total. The van der Waals surface area contributed by atoms with Crippen molar-refractivity contribution in [3.63, 3.8) is 0 Å². The highest BCUT2D eigenvalue weighted by molar-refractivity contribution is 7.25. The van der Waals surface area contributed by atoms with Crippen molar-refractivity contribution in [2.45, 2.75) is 0 Å². The molecule has 12 aromatic rings. The lowest BCUT2D eigenvalue weighted by molar-refractivity contribution is 0.996. The number of benzene rings is 7. The van der Waals surface area contributed by atoms with Crippen molar-refractivity contribution in [1.82, 2.24) is 24.1 Å². The summed E-state index contributed by atoms with van der Waals surface area (Å²) in [5.41, 5.74) is 12.8. The van der Waals surface area contributed by atoms with E-state index in [2.05, 4.69) is 173 Å². The van der Waals surface area contributed by atoms with Crippen LogP contribution in [-0.4, -0.2) is 24.1 Å². The molecular formula is C51H31N5S. The summed E-state index contributed by atoms with van der Waals surface area (Å²) in [4.78, 5) is 15.3. The van der Waals surface area contributed by atoms with E-state index in [-0.39, 0.29) is 0 Å². The number of para-hydroxylation sites is 2. The molecule has 0 aliphatic rings. The molecule has 0 aliphatic heterocycles. The molecule has 57 heavy (non-hydrogen) atoms. The predicted octanol–water partition coefficient (Wildman–Crippen LogP) is 13.4. The van der Waals surface area contributed by atoms with Gasteiger partial charge < -0.3 is 4.57 Å². The Morgan fingerprint density at radius 2 is 0.982 bits per heavy atom. The van der Waals surface area contributed by atoms with Crippen LogP contribution in [0, 0.1) is 0 Å². The third-order valence-electron chi connectivity index (χ3n) is 11.2. The zero-order chi connectivity index (χ0) is 37.5. The van der Waals surface area contributed by atoms with E-state index in [1.807, 2.05) is 24.4 Å². The molecule has 0 saturated carbocycles. The Balaban J connectivity index is 1.05. The van der Waals surface area contributed by atoms with Gasteiger partial charge in [0.1, 0.15) is 0 Å². The van der Waals surface area contributed by atoms with E-state index in [1.165, 1.54) is 36.6 Å². The van der Waals surface area contributed by atoms with Crippen molar-refractivity contribution in [3.8, 4) is 45.3 Å². The second-order valence-corrected chi connectivity index (χ2v) is 15.6. The molecule has 5 aromatic heterocycles. The van der Waals surface area contributed by atoms with Gasteiger partial charge in [-0.25, -0.2) is 9.97 Å². The fourth-order valence-electron chi connectivity index (χ4n) is 8.57. The van der Waals surface area contributed by atoms with Crippen LogP contribution in [0.25, 0.3) is 109 Å². The van der Waals surface area contributed by atoms with Gasteiger partial charge in [-0.15, -0.1) is 11.3 Å². The van der Waals surface area contributed by atoms with Crippen LogP contribution in [0.15, 0.2) is 188 Å². The largest absolute Gasteiger partial charge is 0.309 e. The zero-order valence-electron chi connectivity index (χ0n) is 30.5. The molecule has 0 spiro atoms. The molecule has 266 valence electrons. The molecule has 0 radical (unpaired) electrons. The minimum Gasteiger partial charge on any atom is -0.309 e. The number of aromatic nitrogens is 5. The highest BCUT2D eigenvalue weighted by Crippen LogP contribution is 2.40. The topological polar surface area (TPSA) is 48.5 Å². The molecule has 0 atom stereocenters. The number of nitrogens with zero attached hydrogens (tertiary/aromatic N) is 5. The van der Waals surface area contributed by atoms with Gasteiger partial charge in [0.2, 0.25) is 5.95 Å². The number of rotatable bonds is 5. The van der Waals surface area contributed by atoms with Gasteiger partial charge in [0.15, 0.2) is 0 Å². The SMILES string of the molecule is c1ccc(-c2cc(-c3ccccc3)nc(-n3c4ccccc4c4ccc(-c5ccc6c(c5)c5ccccc5n6-c5ccc6sc7cccnc7c6c5)cc43)n2)cc1. The van der Waals surface area contributed by atoms with Crippen molar-refractivity contribution in [2.24, 2.45) is 0 Å². The van der Waals surface area contributed by atoms with Crippen LogP contribution >= 0.6 is 11.3 Å². The predicted molar refractivity (Wildman–Crippen MR) is 238 cm³/mol. The lowest BCUT2D eigenvalue weighted by Gasteiger charge is -2.12. The Labute approximate surface area is 331 Å². The Morgan fingerprint density at radius 1 is 0.368 bits per heavy atom. The quantitative estimate of drug-likeness (QED) is 0.176. The summed E-state index contributed by atoms with van der Waals surface area (Å²) >= 11 is 1.79. The highest BCUT2D eigenvalue weighted by atomic mass is 32.1. The molecule has 0 fully saturated rings. The highest BCUT2D eigenvalue weighted by Gasteiger charge is 2.19. The monoisotopic (exact) mass is 745 g/mol. The van der Waals surface area contributed by atoms with Gasteiger partial charge in [0, 0.05) is 54.6 Å². The van der Waals surface area contributed by atoms with Crippen molar-refractivity contribution < 1.29 is 0 Å². The average Bonchev–Trinajstić information content (AvgIpc) is 3.94. The Hall–Kier alpha value is -7.41. The summed E-state index contributed by atoms with van der Waals surface area (Å²) in [6.45, 7) is 0. The normalized spacial score (nSPS) is 11.9. The molecule has 7 aromatic carbocycles. The first-order valence-corrected chi connectivity index (χ1v) is 19.9. The average molecular weight is 746 g/mol. The fourth-order valence-corrected chi connectivity index (χ4v) is 9.61. The Bertz CT molecular complexity index is 3470. The first-order chi connectivity index (χ1) is 28.2. The fraction of sp³-hybridized carbons (Fsp3) is 0. The zero-order valence-corrected chi connectivity index (χ0v) is 31.4. The maximum atomic E-state index is 5.26. The molecule has 0 aliphatic carbocycles. The third-order valence-corrected chi connectivity index (χ3v) is 12.3. The van der Waals surface area contributed by atoms with E-state index in [9.17, 15) is 0 Å². The lowest BCUT2D eigenvalue weighted by atomic mass is 10.0. The van der Waals surface area contributed by atoms with E-state index < -0.39 is 0 Å². The molecule has 5 heterocycles. The van der Waals surface area contributed by atoms with Crippen molar-refractivity contribution in [2.75, 3.05) is 0 Å². The van der Waals surface area contributed by atoms with E-state index >= 15 is 0 Å². The van der Waals surface area contributed by atoms with E-state index in [0.29, 0.717) is 5.95 Å². The second kappa shape index (κ2) is 12.6. The molecule has 12 rings (SSSR count). The van der Waals surface area contributed by atoms with Gasteiger partial charge in [-0.3, -0.25) is 9.55 Å². The summed E-state index contributed by atoms with van der Waals surface area (Å²) in [6, 6.07) is 64.8. The van der Waals surface area contributed by atoms with Crippen LogP contribution in [0.1, 0.15) is 0 Å². The first kappa shape index (κ1) is 31.9. The Morgan fingerprint density at radius 3 is 1.74 bits per heavy atom. The number of hydrogen-bond donors (Lipinski definition) is 0. The van der Waals surface area contributed by atoms with Gasteiger partial charge in [-0.1, -0.05) is 115 Å². The van der Waals surface area contributed by atoms with Gasteiger partial charge in [-0.05, 0) is 77.9 Å². The molecule has 5 nitrogen and oxygen atoms in total. The van der Waals surface area contributed by atoms with Crippen LogP contribution < -0.4 is 0 Å². The second-order valence-electron chi connectivity index (χ2n) is 14.5. The Kier molecular flexibility index (Phi) is 7.03. The number of fused-ring (bicyclic) bond motifs is 9. The summed E-state index contributed by atoms with van der Waals surface area (Å²) in [5.74, 6) is 0.641. The van der Waals surface area contributed by atoms with Crippen molar-refractivity contribution in [3.05, 3.63) is 188 Å². The van der Waals surface area contributed by atoms with Crippen LogP contribution in [-0.2, 0) is 0 Å². The van der Waals surface area contributed by atoms with Gasteiger partial charge in [-0.2, -0.15) is 0 Å². The first-order valence-electron chi connectivity index (χ1n) is 19.1. The standard InChI is InChI=1S/C51H31N5S/c1-3-12-32(13-4-1)42-31-43(33-14-5-2-6-15-33)54-51(53-42)56-45-19-10-7-16-37(45)39-24-21-35(29-47(39)56)34-22-25-46-40(28-34)38-17-8-9-18-44(38)55(46)36-23-26-48-41(30-36)50-49(57-48)20-11-27-52-50/h1-31H. The summed E-state index contributed by atoms with van der Waals surface area (Å²) in [7, 11) is 0. The third kappa shape index (κ3) is 5.04. The summed E-state index contributed by atoms with van der Waals surface area (Å²) < 4.78 is 7.08.